The Bertz CT molecular complexity index is 881. The first-order valence-corrected chi connectivity index (χ1v) is 10.3. The first kappa shape index (κ1) is 21.7. The van der Waals surface area contributed by atoms with Crippen molar-refractivity contribution in [1.29, 1.82) is 0 Å². The molecule has 1 atom stereocenters. The maximum Gasteiger partial charge on any atom is 0.260 e. The number of ether oxygens (including phenoxy) is 2. The van der Waals surface area contributed by atoms with E-state index in [9.17, 15) is 9.59 Å². The number of aryl methyl sites for hydroxylation is 1. The van der Waals surface area contributed by atoms with Gasteiger partial charge in [0.05, 0.1) is 12.5 Å². The first-order valence-electron chi connectivity index (χ1n) is 10.3. The van der Waals surface area contributed by atoms with Crippen LogP contribution in [0.15, 0.2) is 48.5 Å². The lowest BCUT2D eigenvalue weighted by Crippen LogP contribution is -2.52. The molecule has 1 N–H and O–H groups in total. The molecule has 6 nitrogen and oxygen atoms in total. The number of methoxy groups -OCH3 is 1. The molecule has 1 saturated heterocycles. The monoisotopic (exact) mass is 410 g/mol. The number of rotatable bonds is 7. The van der Waals surface area contributed by atoms with Crippen molar-refractivity contribution in [2.24, 2.45) is 5.41 Å². The fraction of sp³-hybridized carbons (Fsp3) is 0.417. The van der Waals surface area contributed by atoms with Gasteiger partial charge in [-0.2, -0.15) is 0 Å². The molecular weight excluding hydrogens is 380 g/mol. The quantitative estimate of drug-likeness (QED) is 0.760. The number of nitrogens with zero attached hydrogens (tertiary/aromatic N) is 1. The van der Waals surface area contributed by atoms with Crippen LogP contribution in [0.2, 0.25) is 0 Å². The molecule has 3 rings (SSSR count). The van der Waals surface area contributed by atoms with Gasteiger partial charge in [-0.15, -0.1) is 0 Å². The van der Waals surface area contributed by atoms with Gasteiger partial charge in [-0.25, -0.2) is 0 Å². The largest absolute Gasteiger partial charge is 0.497 e. The molecule has 0 unspecified atom stereocenters. The van der Waals surface area contributed by atoms with E-state index in [-0.39, 0.29) is 18.4 Å². The molecule has 2 aromatic carbocycles. The molecule has 2 amide bonds. The molecule has 1 aliphatic heterocycles. The molecule has 0 aromatic heterocycles. The van der Waals surface area contributed by atoms with Crippen molar-refractivity contribution in [2.75, 3.05) is 26.8 Å². The molecule has 160 valence electrons. The summed E-state index contributed by atoms with van der Waals surface area (Å²) in [4.78, 5) is 27.3. The summed E-state index contributed by atoms with van der Waals surface area (Å²) in [5.41, 5.74) is 1.48. The summed E-state index contributed by atoms with van der Waals surface area (Å²) in [6, 6.07) is 15.2. The van der Waals surface area contributed by atoms with E-state index in [1.165, 1.54) is 0 Å². The minimum absolute atomic E-state index is 0.0208. The number of piperidine rings is 1. The van der Waals surface area contributed by atoms with Crippen molar-refractivity contribution < 1.29 is 19.1 Å². The smallest absolute Gasteiger partial charge is 0.260 e. The molecule has 1 fully saturated rings. The fourth-order valence-electron chi connectivity index (χ4n) is 3.72. The summed E-state index contributed by atoms with van der Waals surface area (Å²) >= 11 is 0. The fourth-order valence-corrected chi connectivity index (χ4v) is 3.72. The van der Waals surface area contributed by atoms with Crippen LogP contribution in [0.5, 0.6) is 11.5 Å². The Kier molecular flexibility index (Phi) is 6.98. The van der Waals surface area contributed by atoms with E-state index in [1.54, 1.807) is 12.0 Å². The second kappa shape index (κ2) is 9.65. The highest BCUT2D eigenvalue weighted by molar-refractivity contribution is 5.84. The van der Waals surface area contributed by atoms with Gasteiger partial charge in [0.2, 0.25) is 5.91 Å². The van der Waals surface area contributed by atoms with Crippen molar-refractivity contribution in [3.63, 3.8) is 0 Å². The van der Waals surface area contributed by atoms with Gasteiger partial charge in [-0.1, -0.05) is 24.3 Å². The predicted octanol–water partition coefficient (Wildman–Crippen LogP) is 3.33. The summed E-state index contributed by atoms with van der Waals surface area (Å²) in [6.07, 6.45) is 1.55. The van der Waals surface area contributed by atoms with Gasteiger partial charge in [-0.05, 0) is 62.1 Å². The lowest BCUT2D eigenvalue weighted by molar-refractivity contribution is -0.142. The highest BCUT2D eigenvalue weighted by Crippen LogP contribution is 2.30. The average Bonchev–Trinajstić information content (AvgIpc) is 2.76. The molecule has 0 radical (unpaired) electrons. The first-order chi connectivity index (χ1) is 14.4. The van der Waals surface area contributed by atoms with E-state index in [1.807, 2.05) is 62.4 Å². The number of hydrogen-bond donors (Lipinski definition) is 1. The number of benzene rings is 2. The molecule has 0 spiro atoms. The van der Waals surface area contributed by atoms with Crippen LogP contribution in [0.25, 0.3) is 0 Å². The molecule has 2 aromatic rings. The van der Waals surface area contributed by atoms with E-state index in [0.29, 0.717) is 25.4 Å². The Morgan fingerprint density at radius 2 is 1.90 bits per heavy atom. The van der Waals surface area contributed by atoms with Crippen molar-refractivity contribution >= 4 is 11.8 Å². The standard InChI is InChI=1S/C24H30N2O4/c1-18-6-4-7-21(14-18)30-16-22(27)26-13-5-12-24(2,17-26)23(28)25-15-19-8-10-20(29-3)11-9-19/h4,6-11,14H,5,12-13,15-17H2,1-3H3,(H,25,28)/t24-/m0/s1. The van der Waals surface area contributed by atoms with E-state index >= 15 is 0 Å². The summed E-state index contributed by atoms with van der Waals surface area (Å²) in [6.45, 7) is 5.39. The summed E-state index contributed by atoms with van der Waals surface area (Å²) in [5, 5.41) is 3.02. The van der Waals surface area contributed by atoms with Gasteiger partial charge in [0, 0.05) is 19.6 Å². The van der Waals surface area contributed by atoms with Crippen LogP contribution in [0.1, 0.15) is 30.9 Å². The van der Waals surface area contributed by atoms with Crippen LogP contribution in [-0.2, 0) is 16.1 Å². The molecule has 30 heavy (non-hydrogen) atoms. The van der Waals surface area contributed by atoms with Crippen molar-refractivity contribution in [3.05, 3.63) is 59.7 Å². The minimum atomic E-state index is -0.607. The maximum absolute atomic E-state index is 12.9. The Morgan fingerprint density at radius 3 is 2.60 bits per heavy atom. The third kappa shape index (κ3) is 5.53. The number of amides is 2. The Morgan fingerprint density at radius 1 is 1.13 bits per heavy atom. The lowest BCUT2D eigenvalue weighted by Gasteiger charge is -2.39. The minimum Gasteiger partial charge on any atom is -0.497 e. The van der Waals surface area contributed by atoms with Crippen LogP contribution in [0.3, 0.4) is 0 Å². The second-order valence-corrected chi connectivity index (χ2v) is 8.12. The highest BCUT2D eigenvalue weighted by atomic mass is 16.5. The van der Waals surface area contributed by atoms with E-state index in [4.69, 9.17) is 9.47 Å². The number of likely N-dealkylation sites (tertiary alicyclic amines) is 1. The normalized spacial score (nSPS) is 18.6. The van der Waals surface area contributed by atoms with Gasteiger partial charge in [-0.3, -0.25) is 9.59 Å². The lowest BCUT2D eigenvalue weighted by atomic mass is 9.81. The number of carbonyl (C=O) groups is 2. The molecule has 0 saturated carbocycles. The molecule has 1 heterocycles. The van der Waals surface area contributed by atoms with E-state index < -0.39 is 5.41 Å². The van der Waals surface area contributed by atoms with Gasteiger partial charge >= 0.3 is 0 Å². The maximum atomic E-state index is 12.9. The van der Waals surface area contributed by atoms with Gasteiger partial charge in [0.15, 0.2) is 6.61 Å². The molecular formula is C24H30N2O4. The molecule has 6 heteroatoms. The number of hydrogen-bond acceptors (Lipinski definition) is 4. The molecule has 0 bridgehead atoms. The zero-order valence-electron chi connectivity index (χ0n) is 17.9. The summed E-state index contributed by atoms with van der Waals surface area (Å²) in [5.74, 6) is 1.34. The number of nitrogens with one attached hydrogen (secondary N) is 1. The van der Waals surface area contributed by atoms with Crippen LogP contribution in [0.4, 0.5) is 0 Å². The highest BCUT2D eigenvalue weighted by Gasteiger charge is 2.39. The van der Waals surface area contributed by atoms with E-state index in [2.05, 4.69) is 5.32 Å². The van der Waals surface area contributed by atoms with Crippen LogP contribution in [-0.4, -0.2) is 43.5 Å². The number of carbonyl (C=O) groups excluding carboxylic acids is 2. The van der Waals surface area contributed by atoms with Gasteiger partial charge in [0.25, 0.3) is 5.91 Å². The van der Waals surface area contributed by atoms with E-state index in [0.717, 1.165) is 29.7 Å². The Hall–Kier alpha value is -3.02. The summed E-state index contributed by atoms with van der Waals surface area (Å²) in [7, 11) is 1.62. The Balaban J connectivity index is 1.53. The zero-order valence-corrected chi connectivity index (χ0v) is 17.9. The van der Waals surface area contributed by atoms with Crippen LogP contribution in [0, 0.1) is 12.3 Å². The van der Waals surface area contributed by atoms with Gasteiger partial charge < -0.3 is 19.7 Å². The third-order valence-electron chi connectivity index (χ3n) is 5.56. The van der Waals surface area contributed by atoms with Crippen LogP contribution >= 0.6 is 0 Å². The molecule has 0 aliphatic carbocycles. The van der Waals surface area contributed by atoms with Gasteiger partial charge in [0.1, 0.15) is 11.5 Å². The Labute approximate surface area is 178 Å². The third-order valence-corrected chi connectivity index (χ3v) is 5.56. The van der Waals surface area contributed by atoms with Crippen molar-refractivity contribution in [1.82, 2.24) is 10.2 Å². The summed E-state index contributed by atoms with van der Waals surface area (Å²) < 4.78 is 10.8. The molecule has 1 aliphatic rings. The van der Waals surface area contributed by atoms with Crippen molar-refractivity contribution in [2.45, 2.75) is 33.2 Å². The average molecular weight is 411 g/mol. The predicted molar refractivity (Wildman–Crippen MR) is 115 cm³/mol. The SMILES string of the molecule is COc1ccc(CNC(=O)[C@@]2(C)CCCN(C(=O)COc3cccc(C)c3)C2)cc1. The van der Waals surface area contributed by atoms with Crippen LogP contribution < -0.4 is 14.8 Å². The van der Waals surface area contributed by atoms with Crippen molar-refractivity contribution in [3.8, 4) is 11.5 Å². The topological polar surface area (TPSA) is 67.9 Å². The second-order valence-electron chi connectivity index (χ2n) is 8.12. The zero-order chi connectivity index (χ0) is 21.6.